The number of nitrogens with one attached hydrogen (secondary N) is 1. The van der Waals surface area contributed by atoms with E-state index in [1.807, 2.05) is 22.6 Å². The highest BCUT2D eigenvalue weighted by Crippen LogP contribution is 2.12. The maximum atomic E-state index is 13.4. The third kappa shape index (κ3) is 3.21. The van der Waals surface area contributed by atoms with Crippen LogP contribution in [0.25, 0.3) is 0 Å². The number of anilines is 1. The van der Waals surface area contributed by atoms with Gasteiger partial charge in [-0.1, -0.05) is 12.1 Å². The van der Waals surface area contributed by atoms with Crippen molar-refractivity contribution in [3.63, 3.8) is 0 Å². The van der Waals surface area contributed by atoms with E-state index in [1.165, 1.54) is 29.0 Å². The van der Waals surface area contributed by atoms with Crippen molar-refractivity contribution >= 4 is 34.2 Å². The van der Waals surface area contributed by atoms with Crippen LogP contribution in [0.15, 0.2) is 35.3 Å². The van der Waals surface area contributed by atoms with Crippen LogP contribution >= 0.6 is 22.6 Å². The van der Waals surface area contributed by atoms with Crippen LogP contribution in [0.2, 0.25) is 0 Å². The molecule has 0 atom stereocenters. The number of hydrogen-bond donors (Lipinski definition) is 1. The Morgan fingerprint density at radius 2 is 2.15 bits per heavy atom. The molecule has 5 nitrogen and oxygen atoms in total. The molecule has 0 aliphatic rings. The summed E-state index contributed by atoms with van der Waals surface area (Å²) in [6, 6.07) is 5.85. The molecule has 0 fully saturated rings. The Labute approximate surface area is 128 Å². The number of aryl methyl sites for hydroxylation is 1. The number of nitrogens with zero attached hydrogens (tertiary/aromatic N) is 2. The highest BCUT2D eigenvalue weighted by molar-refractivity contribution is 14.1. The molecular weight excluding hydrogens is 376 g/mol. The molecule has 1 aromatic carbocycles. The summed E-state index contributed by atoms with van der Waals surface area (Å²) < 4.78 is 15.1. The lowest BCUT2D eigenvalue weighted by atomic mass is 10.3. The molecule has 1 aromatic heterocycles. The molecule has 2 rings (SSSR count). The van der Waals surface area contributed by atoms with Gasteiger partial charge in [-0.3, -0.25) is 14.2 Å². The third-order valence-electron chi connectivity index (χ3n) is 2.65. The van der Waals surface area contributed by atoms with Crippen LogP contribution in [0.5, 0.6) is 0 Å². The molecule has 20 heavy (non-hydrogen) atoms. The van der Waals surface area contributed by atoms with Gasteiger partial charge in [-0.2, -0.15) is 0 Å². The summed E-state index contributed by atoms with van der Waals surface area (Å²) in [5.41, 5.74) is -0.205. The zero-order valence-electron chi connectivity index (χ0n) is 10.6. The molecule has 1 N–H and O–H groups in total. The van der Waals surface area contributed by atoms with E-state index in [2.05, 4.69) is 10.3 Å². The smallest absolute Gasteiger partial charge is 0.267 e. The lowest BCUT2D eigenvalue weighted by molar-refractivity contribution is -0.116. The van der Waals surface area contributed by atoms with Gasteiger partial charge >= 0.3 is 0 Å². The predicted octanol–water partition coefficient (Wildman–Crippen LogP) is 1.93. The Hall–Kier alpha value is -1.77. The Bertz CT molecular complexity index is 715. The van der Waals surface area contributed by atoms with Crippen molar-refractivity contribution in [2.24, 2.45) is 0 Å². The van der Waals surface area contributed by atoms with Crippen molar-refractivity contribution in [3.8, 4) is 0 Å². The van der Waals surface area contributed by atoms with Gasteiger partial charge in [0.2, 0.25) is 5.91 Å². The number of benzene rings is 1. The summed E-state index contributed by atoms with van der Waals surface area (Å²) in [7, 11) is 0. The average molecular weight is 387 g/mol. The summed E-state index contributed by atoms with van der Waals surface area (Å²) in [4.78, 5) is 27.8. The fourth-order valence-electron chi connectivity index (χ4n) is 1.63. The molecule has 0 radical (unpaired) electrons. The van der Waals surface area contributed by atoms with Crippen molar-refractivity contribution in [3.05, 3.63) is 56.0 Å². The van der Waals surface area contributed by atoms with Crippen molar-refractivity contribution < 1.29 is 9.18 Å². The number of hydrogen-bond acceptors (Lipinski definition) is 3. The third-order valence-corrected chi connectivity index (χ3v) is 3.39. The number of carbonyl (C=O) groups is 1. The Balaban J connectivity index is 2.19. The first-order valence-corrected chi connectivity index (χ1v) is 6.83. The molecule has 7 heteroatoms. The first-order chi connectivity index (χ1) is 9.49. The Kier molecular flexibility index (Phi) is 4.48. The van der Waals surface area contributed by atoms with Crippen LogP contribution in [0, 0.1) is 16.3 Å². The van der Waals surface area contributed by atoms with Gasteiger partial charge < -0.3 is 5.32 Å². The summed E-state index contributed by atoms with van der Waals surface area (Å²) in [5, 5.41) is 2.43. The van der Waals surface area contributed by atoms with E-state index in [0.29, 0.717) is 9.39 Å². The number of rotatable bonds is 3. The van der Waals surface area contributed by atoms with Gasteiger partial charge in [-0.05, 0) is 41.6 Å². The van der Waals surface area contributed by atoms with Gasteiger partial charge in [0.1, 0.15) is 18.2 Å². The normalized spacial score (nSPS) is 10.3. The Morgan fingerprint density at radius 3 is 2.85 bits per heavy atom. The maximum absolute atomic E-state index is 13.4. The molecule has 1 heterocycles. The summed E-state index contributed by atoms with van der Waals surface area (Å²) in [6.45, 7) is 1.43. The summed E-state index contributed by atoms with van der Waals surface area (Å²) in [6.07, 6.45) is 1.45. The molecule has 0 aliphatic carbocycles. The second-order valence-electron chi connectivity index (χ2n) is 4.07. The minimum atomic E-state index is -0.523. The Morgan fingerprint density at radius 1 is 1.45 bits per heavy atom. The number of amides is 1. The first-order valence-electron chi connectivity index (χ1n) is 5.75. The topological polar surface area (TPSA) is 64.0 Å². The van der Waals surface area contributed by atoms with E-state index < -0.39 is 11.7 Å². The van der Waals surface area contributed by atoms with E-state index in [0.717, 1.165) is 0 Å². The van der Waals surface area contributed by atoms with Crippen LogP contribution in [0.3, 0.4) is 0 Å². The molecular formula is C13H11FIN3O2. The summed E-state index contributed by atoms with van der Waals surface area (Å²) >= 11 is 1.85. The van der Waals surface area contributed by atoms with E-state index in [-0.39, 0.29) is 17.8 Å². The van der Waals surface area contributed by atoms with Crippen LogP contribution in [0.4, 0.5) is 10.1 Å². The number of para-hydroxylation sites is 1. The van der Waals surface area contributed by atoms with Crippen molar-refractivity contribution in [2.45, 2.75) is 13.5 Å². The quantitative estimate of drug-likeness (QED) is 0.819. The lowest BCUT2D eigenvalue weighted by Crippen LogP contribution is -2.31. The molecule has 104 valence electrons. The highest BCUT2D eigenvalue weighted by atomic mass is 127. The molecule has 2 aromatic rings. The van der Waals surface area contributed by atoms with Gasteiger partial charge in [0.15, 0.2) is 0 Å². The average Bonchev–Trinajstić information content (AvgIpc) is 2.42. The van der Waals surface area contributed by atoms with Gasteiger partial charge in [-0.15, -0.1) is 0 Å². The van der Waals surface area contributed by atoms with Crippen LogP contribution in [0.1, 0.15) is 5.82 Å². The van der Waals surface area contributed by atoms with E-state index in [9.17, 15) is 14.0 Å². The highest BCUT2D eigenvalue weighted by Gasteiger charge is 2.11. The first kappa shape index (κ1) is 14.6. The summed E-state index contributed by atoms with van der Waals surface area (Å²) in [5.74, 6) is -0.575. The second-order valence-corrected chi connectivity index (χ2v) is 5.23. The second kappa shape index (κ2) is 6.12. The number of halogens is 2. The molecule has 1 amide bonds. The molecule has 0 spiro atoms. The predicted molar refractivity (Wildman–Crippen MR) is 81.0 cm³/mol. The largest absolute Gasteiger partial charge is 0.322 e. The molecule has 0 aliphatic heterocycles. The molecule has 0 saturated heterocycles. The molecule has 0 bridgehead atoms. The van der Waals surface area contributed by atoms with Crippen LogP contribution in [-0.4, -0.2) is 15.5 Å². The van der Waals surface area contributed by atoms with Crippen LogP contribution < -0.4 is 10.9 Å². The number of carbonyl (C=O) groups excluding carboxylic acids is 1. The lowest BCUT2D eigenvalue weighted by Gasteiger charge is -2.10. The van der Waals surface area contributed by atoms with E-state index in [1.54, 1.807) is 13.0 Å². The minimum absolute atomic E-state index is 0.0850. The van der Waals surface area contributed by atoms with Crippen molar-refractivity contribution in [1.29, 1.82) is 0 Å². The van der Waals surface area contributed by atoms with Gasteiger partial charge in [0.05, 0.1) is 9.26 Å². The van der Waals surface area contributed by atoms with Crippen molar-refractivity contribution in [2.75, 3.05) is 5.32 Å². The number of aromatic nitrogens is 2. The molecule has 0 unspecified atom stereocenters. The standard InChI is InChI=1S/C13H11FIN3O2/c1-8-16-6-10(15)13(20)18(8)7-12(19)17-11-5-3-2-4-9(11)14/h2-6H,7H2,1H3,(H,17,19). The van der Waals surface area contributed by atoms with Gasteiger partial charge in [0.25, 0.3) is 5.56 Å². The van der Waals surface area contributed by atoms with Crippen molar-refractivity contribution in [1.82, 2.24) is 9.55 Å². The molecule has 0 saturated carbocycles. The van der Waals surface area contributed by atoms with Gasteiger partial charge in [-0.25, -0.2) is 9.37 Å². The zero-order chi connectivity index (χ0) is 14.7. The van der Waals surface area contributed by atoms with E-state index >= 15 is 0 Å². The zero-order valence-corrected chi connectivity index (χ0v) is 12.7. The van der Waals surface area contributed by atoms with Gasteiger partial charge in [0, 0.05) is 6.20 Å². The maximum Gasteiger partial charge on any atom is 0.267 e. The van der Waals surface area contributed by atoms with E-state index in [4.69, 9.17) is 0 Å². The fraction of sp³-hybridized carbons (Fsp3) is 0.154. The fourth-order valence-corrected chi connectivity index (χ4v) is 2.06. The van der Waals surface area contributed by atoms with Crippen LogP contribution in [-0.2, 0) is 11.3 Å². The SMILES string of the molecule is Cc1ncc(I)c(=O)n1CC(=O)Nc1ccccc1F. The monoisotopic (exact) mass is 387 g/mol. The minimum Gasteiger partial charge on any atom is -0.322 e.